The zero-order chi connectivity index (χ0) is 15.7. The van der Waals surface area contributed by atoms with Crippen LogP contribution in [0.1, 0.15) is 34.6 Å². The number of hydrogen-bond donors (Lipinski definition) is 3. The third-order valence-corrected chi connectivity index (χ3v) is 3.02. The van der Waals surface area contributed by atoms with E-state index in [1.54, 1.807) is 0 Å². The first-order valence-electron chi connectivity index (χ1n) is 5.23. The molecule has 0 aromatic heterocycles. The lowest BCUT2D eigenvalue weighted by molar-refractivity contribution is -0.136. The van der Waals surface area contributed by atoms with E-state index >= 15 is 0 Å². The van der Waals surface area contributed by atoms with Crippen LogP contribution in [0.15, 0.2) is 23.1 Å². The Morgan fingerprint density at radius 3 is 2.10 bits per heavy atom. The Hall–Kier alpha value is -1.97. The van der Waals surface area contributed by atoms with Crippen molar-refractivity contribution < 1.29 is 37.5 Å². The monoisotopic (exact) mass is 304 g/mol. The van der Waals surface area contributed by atoms with Crippen molar-refractivity contribution in [2.45, 2.75) is 24.5 Å². The first-order valence-corrected chi connectivity index (χ1v) is 6.67. The van der Waals surface area contributed by atoms with Crippen molar-refractivity contribution in [1.29, 1.82) is 0 Å². The van der Waals surface area contributed by atoms with Crippen molar-refractivity contribution in [2.75, 3.05) is 0 Å². The molecule has 110 valence electrons. The Morgan fingerprint density at radius 2 is 1.70 bits per heavy atom. The van der Waals surface area contributed by atoms with Gasteiger partial charge in [0.15, 0.2) is 0 Å². The van der Waals surface area contributed by atoms with Crippen molar-refractivity contribution in [1.82, 2.24) is 0 Å². The number of ether oxygens (including phenoxy) is 1. The summed E-state index contributed by atoms with van der Waals surface area (Å²) in [6.07, 6.45) is 0. The predicted molar refractivity (Wildman–Crippen MR) is 64.9 cm³/mol. The maximum Gasteiger partial charge on any atom is 0.342 e. The largest absolute Gasteiger partial charge is 0.478 e. The summed E-state index contributed by atoms with van der Waals surface area (Å²) < 4.78 is 36.2. The van der Waals surface area contributed by atoms with E-state index in [1.165, 1.54) is 0 Å². The third-order valence-electron chi connectivity index (χ3n) is 2.07. The van der Waals surface area contributed by atoms with E-state index in [0.717, 1.165) is 32.0 Å². The smallest absolute Gasteiger partial charge is 0.342 e. The van der Waals surface area contributed by atoms with E-state index < -0.39 is 43.9 Å². The summed E-state index contributed by atoms with van der Waals surface area (Å²) in [6.45, 7) is 2.25. The number of carbonyl (C=O) groups is 2. The van der Waals surface area contributed by atoms with Crippen LogP contribution in [0.2, 0.25) is 0 Å². The van der Waals surface area contributed by atoms with Gasteiger partial charge in [-0.15, -0.1) is 0 Å². The number of hydrogen-bond acceptors (Lipinski definition) is 6. The lowest BCUT2D eigenvalue weighted by Gasteiger charge is -2.19. The molecule has 0 heterocycles. The number of carboxylic acids is 1. The molecule has 1 aromatic carbocycles. The van der Waals surface area contributed by atoms with Gasteiger partial charge in [0.05, 0.1) is 11.1 Å². The summed E-state index contributed by atoms with van der Waals surface area (Å²) in [5.74, 6) is -4.82. The molecule has 0 aliphatic carbocycles. The van der Waals surface area contributed by atoms with E-state index in [9.17, 15) is 23.1 Å². The molecule has 0 amide bonds. The summed E-state index contributed by atoms with van der Waals surface area (Å²) in [4.78, 5) is 21.6. The van der Waals surface area contributed by atoms with Crippen LogP contribution < -0.4 is 0 Å². The van der Waals surface area contributed by atoms with E-state index in [0.29, 0.717) is 0 Å². The van der Waals surface area contributed by atoms with Gasteiger partial charge in [0.25, 0.3) is 10.1 Å². The van der Waals surface area contributed by atoms with Crippen LogP contribution in [0, 0.1) is 0 Å². The number of rotatable bonds is 4. The van der Waals surface area contributed by atoms with E-state index in [2.05, 4.69) is 4.74 Å². The molecule has 0 radical (unpaired) electrons. The molecule has 3 N–H and O–H groups in total. The van der Waals surface area contributed by atoms with Crippen molar-refractivity contribution >= 4 is 22.1 Å². The average Bonchev–Trinajstić information content (AvgIpc) is 2.24. The number of carbonyl (C=O) groups excluding carboxylic acids is 1. The molecule has 0 aliphatic rings. The molecule has 20 heavy (non-hydrogen) atoms. The topological polar surface area (TPSA) is 138 Å². The van der Waals surface area contributed by atoms with Gasteiger partial charge in [0.2, 0.25) is 5.79 Å². The van der Waals surface area contributed by atoms with Crippen LogP contribution in [0.3, 0.4) is 0 Å². The molecule has 0 saturated carbocycles. The Kier molecular flexibility index (Phi) is 4.18. The fourth-order valence-corrected chi connectivity index (χ4v) is 2.29. The molecule has 1 rings (SSSR count). The van der Waals surface area contributed by atoms with Gasteiger partial charge in [0.1, 0.15) is 4.90 Å². The molecular weight excluding hydrogens is 292 g/mol. The van der Waals surface area contributed by atoms with E-state index in [4.69, 9.17) is 9.66 Å². The van der Waals surface area contributed by atoms with Gasteiger partial charge in [-0.05, 0) is 12.1 Å². The molecule has 0 spiro atoms. The van der Waals surface area contributed by atoms with Crippen LogP contribution in [0.25, 0.3) is 0 Å². The molecular formula is C11H12O8S. The van der Waals surface area contributed by atoms with Gasteiger partial charge in [-0.25, -0.2) is 9.59 Å². The predicted octanol–water partition coefficient (Wildman–Crippen LogP) is 0.517. The average molecular weight is 304 g/mol. The van der Waals surface area contributed by atoms with E-state index in [-0.39, 0.29) is 0 Å². The molecule has 0 aliphatic heterocycles. The van der Waals surface area contributed by atoms with Gasteiger partial charge in [0, 0.05) is 13.8 Å². The van der Waals surface area contributed by atoms with Crippen LogP contribution in [0.5, 0.6) is 0 Å². The van der Waals surface area contributed by atoms with Gasteiger partial charge >= 0.3 is 11.9 Å². The molecule has 0 fully saturated rings. The first-order chi connectivity index (χ1) is 8.93. The van der Waals surface area contributed by atoms with Crippen LogP contribution in [0.4, 0.5) is 0 Å². The van der Waals surface area contributed by atoms with Crippen molar-refractivity contribution in [3.8, 4) is 0 Å². The Labute approximate surface area is 114 Å². The van der Waals surface area contributed by atoms with Gasteiger partial charge in [-0.1, -0.05) is 6.07 Å². The van der Waals surface area contributed by atoms with Crippen LogP contribution in [-0.4, -0.2) is 40.9 Å². The minimum absolute atomic E-state index is 0.686. The lowest BCUT2D eigenvalue weighted by atomic mass is 10.1. The highest BCUT2D eigenvalue weighted by molar-refractivity contribution is 7.86. The second-order valence-corrected chi connectivity index (χ2v) is 5.66. The van der Waals surface area contributed by atoms with Gasteiger partial charge in [-0.3, -0.25) is 4.55 Å². The standard InChI is InChI=1S/C11H12O8S/c1-11(2,15)19-10(14)7-5-3-4-6(9(12)13)8(7)20(16,17)18/h3-5,15H,1-2H3,(H,12,13)(H,16,17,18). The van der Waals surface area contributed by atoms with Gasteiger partial charge in [-0.2, -0.15) is 8.42 Å². The summed E-state index contributed by atoms with van der Waals surface area (Å²) in [5.41, 5.74) is -1.47. The fourth-order valence-electron chi connectivity index (χ4n) is 1.43. The molecule has 0 atom stereocenters. The molecule has 9 heteroatoms. The third kappa shape index (κ3) is 3.76. The Balaban J connectivity index is 3.53. The first kappa shape index (κ1) is 16.1. The fraction of sp³-hybridized carbons (Fsp3) is 0.273. The molecule has 8 nitrogen and oxygen atoms in total. The lowest BCUT2D eigenvalue weighted by Crippen LogP contribution is -2.28. The number of benzene rings is 1. The Morgan fingerprint density at radius 1 is 1.20 bits per heavy atom. The van der Waals surface area contributed by atoms with Crippen LogP contribution >= 0.6 is 0 Å². The zero-order valence-electron chi connectivity index (χ0n) is 10.5. The SMILES string of the molecule is CC(C)(O)OC(=O)c1cccc(C(=O)O)c1S(=O)(=O)O. The van der Waals surface area contributed by atoms with Crippen molar-refractivity contribution in [3.05, 3.63) is 29.3 Å². The van der Waals surface area contributed by atoms with Gasteiger partial charge < -0.3 is 14.9 Å². The maximum atomic E-state index is 11.8. The summed E-state index contributed by atoms with van der Waals surface area (Å²) in [7, 11) is -4.97. The minimum atomic E-state index is -4.97. The second-order valence-electron chi connectivity index (χ2n) is 4.30. The van der Waals surface area contributed by atoms with Crippen molar-refractivity contribution in [2.24, 2.45) is 0 Å². The number of aliphatic hydroxyl groups is 1. The Bertz CT molecular complexity index is 653. The number of aromatic carboxylic acids is 1. The quantitative estimate of drug-likeness (QED) is 0.415. The van der Waals surface area contributed by atoms with Crippen molar-refractivity contribution in [3.63, 3.8) is 0 Å². The highest BCUT2D eigenvalue weighted by Gasteiger charge is 2.30. The van der Waals surface area contributed by atoms with E-state index in [1.807, 2.05) is 0 Å². The zero-order valence-corrected chi connectivity index (χ0v) is 11.3. The second kappa shape index (κ2) is 5.19. The maximum absolute atomic E-state index is 11.8. The summed E-state index contributed by atoms with van der Waals surface area (Å²) in [5, 5.41) is 18.2. The number of esters is 1. The normalized spacial score (nSPS) is 12.0. The summed E-state index contributed by atoms with van der Waals surface area (Å²) in [6, 6.07) is 2.98. The highest BCUT2D eigenvalue weighted by Crippen LogP contribution is 2.23. The minimum Gasteiger partial charge on any atom is -0.478 e. The highest BCUT2D eigenvalue weighted by atomic mass is 32.2. The number of carboxylic acid groups (broad SMARTS) is 1. The molecule has 1 aromatic rings. The molecule has 0 bridgehead atoms. The van der Waals surface area contributed by atoms with Crippen LogP contribution in [-0.2, 0) is 14.9 Å². The summed E-state index contributed by atoms with van der Waals surface area (Å²) >= 11 is 0. The molecule has 0 unspecified atom stereocenters. The molecule has 0 saturated heterocycles.